The normalized spacial score (nSPS) is 16.1. The molecular formula is C25H28N4O3. The average Bonchev–Trinajstić information content (AvgIpc) is 2.83. The summed E-state index contributed by atoms with van der Waals surface area (Å²) < 4.78 is 4.84. The molecule has 1 saturated heterocycles. The van der Waals surface area contributed by atoms with Crippen molar-refractivity contribution < 1.29 is 14.3 Å². The number of pyridine rings is 2. The highest BCUT2D eigenvalue weighted by molar-refractivity contribution is 6.07. The number of nitrogens with zero attached hydrogens (tertiary/aromatic N) is 3. The number of nitrogens with one attached hydrogen (secondary N) is 1. The molecule has 0 bridgehead atoms. The molecular weight excluding hydrogens is 404 g/mol. The zero-order valence-corrected chi connectivity index (χ0v) is 18.7. The molecule has 0 unspecified atom stereocenters. The van der Waals surface area contributed by atoms with Crippen molar-refractivity contribution in [3.63, 3.8) is 0 Å². The number of ether oxygens (including phenoxy) is 1. The Morgan fingerprint density at radius 3 is 2.84 bits per heavy atom. The Hall–Kier alpha value is -3.48. The van der Waals surface area contributed by atoms with Gasteiger partial charge in [0.2, 0.25) is 0 Å². The number of esters is 1. The van der Waals surface area contributed by atoms with E-state index in [1.807, 2.05) is 30.0 Å². The molecule has 0 spiro atoms. The Kier molecular flexibility index (Phi) is 6.35. The lowest BCUT2D eigenvalue weighted by Gasteiger charge is -2.35. The van der Waals surface area contributed by atoms with Crippen molar-refractivity contribution >= 4 is 34.3 Å². The minimum absolute atomic E-state index is 0.0295. The van der Waals surface area contributed by atoms with E-state index >= 15 is 0 Å². The summed E-state index contributed by atoms with van der Waals surface area (Å²) in [4.78, 5) is 36.7. The van der Waals surface area contributed by atoms with Gasteiger partial charge >= 0.3 is 5.97 Å². The minimum Gasteiger partial charge on any atom is -0.465 e. The lowest BCUT2D eigenvalue weighted by Crippen LogP contribution is -2.43. The number of anilines is 2. The van der Waals surface area contributed by atoms with Gasteiger partial charge in [0.15, 0.2) is 5.65 Å². The Morgan fingerprint density at radius 2 is 2.06 bits per heavy atom. The van der Waals surface area contributed by atoms with Crippen molar-refractivity contribution in [1.29, 1.82) is 0 Å². The van der Waals surface area contributed by atoms with Crippen molar-refractivity contribution in [2.24, 2.45) is 0 Å². The van der Waals surface area contributed by atoms with E-state index in [-0.39, 0.29) is 11.9 Å². The lowest BCUT2D eigenvalue weighted by atomic mass is 9.98. The van der Waals surface area contributed by atoms with Crippen LogP contribution in [0.3, 0.4) is 0 Å². The number of carbonyl (C=O) groups is 2. The van der Waals surface area contributed by atoms with E-state index in [4.69, 9.17) is 4.74 Å². The third-order valence-electron chi connectivity index (χ3n) is 6.01. The number of carbonyl (C=O) groups excluding carboxylic acids is 2. The fraction of sp³-hybridized carbons (Fsp3) is 0.360. The maximum absolute atomic E-state index is 13.7. The van der Waals surface area contributed by atoms with Crippen molar-refractivity contribution in [2.45, 2.75) is 45.6 Å². The van der Waals surface area contributed by atoms with Crippen LogP contribution in [0.1, 0.15) is 59.0 Å². The number of fused-ring (bicyclic) bond motifs is 1. The van der Waals surface area contributed by atoms with Crippen LogP contribution in [-0.4, -0.2) is 46.4 Å². The van der Waals surface area contributed by atoms with Gasteiger partial charge in [-0.15, -0.1) is 0 Å². The summed E-state index contributed by atoms with van der Waals surface area (Å²) in [7, 11) is 1.35. The highest BCUT2D eigenvalue weighted by Gasteiger charge is 2.29. The van der Waals surface area contributed by atoms with Crippen LogP contribution in [0.15, 0.2) is 42.6 Å². The molecule has 7 heteroatoms. The van der Waals surface area contributed by atoms with Gasteiger partial charge in [0.1, 0.15) is 0 Å². The number of methoxy groups -OCH3 is 1. The summed E-state index contributed by atoms with van der Waals surface area (Å²) >= 11 is 0. The second kappa shape index (κ2) is 9.34. The first-order valence-corrected chi connectivity index (χ1v) is 11.0. The van der Waals surface area contributed by atoms with Crippen molar-refractivity contribution in [3.8, 4) is 0 Å². The Morgan fingerprint density at radius 1 is 1.22 bits per heavy atom. The average molecular weight is 433 g/mol. The maximum atomic E-state index is 13.7. The molecule has 1 amide bonds. The lowest BCUT2D eigenvalue weighted by molar-refractivity contribution is 0.0595. The van der Waals surface area contributed by atoms with Gasteiger partial charge in [-0.25, -0.2) is 14.8 Å². The van der Waals surface area contributed by atoms with Gasteiger partial charge in [-0.1, -0.05) is 13.0 Å². The van der Waals surface area contributed by atoms with Crippen molar-refractivity contribution in [3.05, 3.63) is 59.4 Å². The predicted molar refractivity (Wildman–Crippen MR) is 124 cm³/mol. The number of benzene rings is 1. The zero-order valence-electron chi connectivity index (χ0n) is 18.7. The smallest absolute Gasteiger partial charge is 0.337 e. The van der Waals surface area contributed by atoms with Gasteiger partial charge in [-0.05, 0) is 62.9 Å². The number of likely N-dealkylation sites (tertiary alicyclic amines) is 1. The molecule has 4 rings (SSSR count). The first kappa shape index (κ1) is 21.7. The largest absolute Gasteiger partial charge is 0.465 e. The summed E-state index contributed by atoms with van der Waals surface area (Å²) in [5, 5.41) is 4.13. The van der Waals surface area contributed by atoms with Crippen molar-refractivity contribution in [2.75, 3.05) is 19.0 Å². The summed E-state index contributed by atoms with van der Waals surface area (Å²) in [5.41, 5.74) is 3.69. The molecule has 3 aromatic rings. The third-order valence-corrected chi connectivity index (χ3v) is 6.01. The molecule has 32 heavy (non-hydrogen) atoms. The first-order chi connectivity index (χ1) is 15.5. The Balaban J connectivity index is 1.80. The number of hydrogen-bond acceptors (Lipinski definition) is 6. The van der Waals surface area contributed by atoms with Crippen molar-refractivity contribution in [1.82, 2.24) is 14.9 Å². The van der Waals surface area contributed by atoms with E-state index in [0.717, 1.165) is 43.3 Å². The second-order valence-corrected chi connectivity index (χ2v) is 8.12. The fourth-order valence-corrected chi connectivity index (χ4v) is 4.30. The molecule has 3 heterocycles. The Bertz CT molecular complexity index is 1160. The van der Waals surface area contributed by atoms with Crippen LogP contribution < -0.4 is 5.32 Å². The van der Waals surface area contributed by atoms with Gasteiger partial charge in [-0.2, -0.15) is 0 Å². The summed E-state index contributed by atoms with van der Waals surface area (Å²) in [6.45, 7) is 4.78. The quantitative estimate of drug-likeness (QED) is 0.579. The predicted octanol–water partition coefficient (Wildman–Crippen LogP) is 4.87. The topological polar surface area (TPSA) is 84.4 Å². The van der Waals surface area contributed by atoms with Crippen LogP contribution in [0.4, 0.5) is 11.4 Å². The molecule has 7 nitrogen and oxygen atoms in total. The van der Waals surface area contributed by atoms with E-state index in [1.165, 1.54) is 7.11 Å². The third kappa shape index (κ3) is 4.28. The van der Waals surface area contributed by atoms with Crippen LogP contribution in [0.2, 0.25) is 0 Å². The molecule has 166 valence electrons. The van der Waals surface area contributed by atoms with Gasteiger partial charge < -0.3 is 15.0 Å². The molecule has 2 aromatic heterocycles. The van der Waals surface area contributed by atoms with Gasteiger partial charge in [-0.3, -0.25) is 4.79 Å². The number of rotatable bonds is 5. The number of hydrogen-bond donors (Lipinski definition) is 1. The fourth-order valence-electron chi connectivity index (χ4n) is 4.30. The van der Waals surface area contributed by atoms with Gasteiger partial charge in [0.05, 0.1) is 23.9 Å². The summed E-state index contributed by atoms with van der Waals surface area (Å²) in [5.74, 6) is -0.445. The van der Waals surface area contributed by atoms with Crippen LogP contribution in [0.25, 0.3) is 11.0 Å². The molecule has 1 aromatic carbocycles. The molecule has 1 aliphatic heterocycles. The molecule has 1 N–H and O–H groups in total. The van der Waals surface area contributed by atoms with Gasteiger partial charge in [0.25, 0.3) is 5.91 Å². The standard InChI is InChI=1S/C25H28N4O3/c1-4-19-10-5-6-13-29(19)24(30)21-15-26-23-20(12-11-16(2)27-23)22(21)28-18-9-7-8-17(14-18)25(31)32-3/h7-9,11-12,14-15,19H,4-6,10,13H2,1-3H3,(H,26,27,28)/t19-/m1/s1. The minimum atomic E-state index is -0.416. The molecule has 0 radical (unpaired) electrons. The summed E-state index contributed by atoms with van der Waals surface area (Å²) in [6.07, 6.45) is 5.72. The summed E-state index contributed by atoms with van der Waals surface area (Å²) in [6, 6.07) is 11.1. The molecule has 1 fully saturated rings. The number of amides is 1. The monoisotopic (exact) mass is 432 g/mol. The zero-order chi connectivity index (χ0) is 22.7. The van der Waals surface area contributed by atoms with E-state index in [2.05, 4.69) is 22.2 Å². The maximum Gasteiger partial charge on any atom is 0.337 e. The number of aryl methyl sites for hydroxylation is 1. The van der Waals surface area contributed by atoms with Crippen LogP contribution in [0.5, 0.6) is 0 Å². The first-order valence-electron chi connectivity index (χ1n) is 11.0. The molecule has 1 atom stereocenters. The molecule has 0 aliphatic carbocycles. The van der Waals surface area contributed by atoms with E-state index in [0.29, 0.717) is 28.1 Å². The van der Waals surface area contributed by atoms with E-state index in [9.17, 15) is 9.59 Å². The molecule has 0 saturated carbocycles. The molecule has 1 aliphatic rings. The van der Waals surface area contributed by atoms with Crippen LogP contribution in [-0.2, 0) is 4.74 Å². The highest BCUT2D eigenvalue weighted by Crippen LogP contribution is 2.32. The van der Waals surface area contributed by atoms with Crippen LogP contribution >= 0.6 is 0 Å². The van der Waals surface area contributed by atoms with E-state index in [1.54, 1.807) is 24.4 Å². The van der Waals surface area contributed by atoms with Crippen LogP contribution in [0, 0.1) is 6.92 Å². The number of aromatic nitrogens is 2. The number of piperidine rings is 1. The highest BCUT2D eigenvalue weighted by atomic mass is 16.5. The van der Waals surface area contributed by atoms with Gasteiger partial charge in [0, 0.05) is 35.6 Å². The van der Waals surface area contributed by atoms with E-state index < -0.39 is 5.97 Å². The SMILES string of the molecule is CC[C@@H]1CCCCN1C(=O)c1cnc2nc(C)ccc2c1Nc1cccc(C(=O)OC)c1. The Labute approximate surface area is 187 Å². The second-order valence-electron chi connectivity index (χ2n) is 8.12.